The fourth-order valence-electron chi connectivity index (χ4n) is 3.54. The van der Waals surface area contributed by atoms with Crippen molar-refractivity contribution in [2.75, 3.05) is 18.2 Å². The minimum absolute atomic E-state index is 0.0104. The van der Waals surface area contributed by atoms with Gasteiger partial charge in [0.15, 0.2) is 0 Å². The quantitative estimate of drug-likeness (QED) is 0.365. The highest BCUT2D eigenvalue weighted by Gasteiger charge is 2.65. The van der Waals surface area contributed by atoms with E-state index in [4.69, 9.17) is 9.94 Å². The van der Waals surface area contributed by atoms with Crippen LogP contribution in [0.15, 0.2) is 12.1 Å². The van der Waals surface area contributed by atoms with Crippen LogP contribution in [0.25, 0.3) is 0 Å². The SMILES string of the molecule is O=Cc1cc(O)c2c(c1)N1CC3NC3C(O)(O1)C2CNC(=O)O. The van der Waals surface area contributed by atoms with E-state index in [0.717, 1.165) is 0 Å². The van der Waals surface area contributed by atoms with Crippen LogP contribution in [0.4, 0.5) is 10.5 Å². The first-order chi connectivity index (χ1) is 10.9. The number of hydroxylamine groups is 1. The third kappa shape index (κ3) is 1.97. The molecule has 1 aromatic rings. The van der Waals surface area contributed by atoms with Gasteiger partial charge in [0.1, 0.15) is 12.0 Å². The molecule has 0 spiro atoms. The van der Waals surface area contributed by atoms with Crippen LogP contribution < -0.4 is 15.7 Å². The summed E-state index contributed by atoms with van der Waals surface area (Å²) in [5.41, 5.74) is 1.09. The Morgan fingerprint density at radius 3 is 3.04 bits per heavy atom. The van der Waals surface area contributed by atoms with E-state index >= 15 is 0 Å². The molecular formula is C14H15N3O6. The van der Waals surface area contributed by atoms with Gasteiger partial charge in [-0.05, 0) is 12.1 Å². The number of nitrogens with one attached hydrogen (secondary N) is 2. The number of carbonyl (C=O) groups excluding carboxylic acids is 1. The first-order valence-electron chi connectivity index (χ1n) is 7.18. The van der Waals surface area contributed by atoms with Crippen LogP contribution in [0.1, 0.15) is 21.8 Å². The predicted molar refractivity (Wildman–Crippen MR) is 76.4 cm³/mol. The molecular weight excluding hydrogens is 306 g/mol. The van der Waals surface area contributed by atoms with Crippen LogP contribution in [-0.4, -0.2) is 58.7 Å². The molecule has 9 heteroatoms. The number of rotatable bonds is 3. The number of amides is 1. The summed E-state index contributed by atoms with van der Waals surface area (Å²) in [6.45, 7) is 0.326. The molecule has 1 amide bonds. The second kappa shape index (κ2) is 4.57. The van der Waals surface area contributed by atoms with Gasteiger partial charge in [-0.15, -0.1) is 0 Å². The van der Waals surface area contributed by atoms with Crippen LogP contribution in [0.5, 0.6) is 5.75 Å². The van der Waals surface area contributed by atoms with Crippen molar-refractivity contribution in [1.82, 2.24) is 10.6 Å². The zero-order valence-electron chi connectivity index (χ0n) is 11.9. The number of carboxylic acid groups (broad SMARTS) is 1. The number of carbonyl (C=O) groups is 2. The lowest BCUT2D eigenvalue weighted by atomic mass is 9.82. The van der Waals surface area contributed by atoms with Crippen molar-refractivity contribution in [3.63, 3.8) is 0 Å². The number of anilines is 1. The third-order valence-corrected chi connectivity index (χ3v) is 4.62. The molecule has 0 saturated carbocycles. The molecule has 0 aliphatic carbocycles. The van der Waals surface area contributed by atoms with Gasteiger partial charge in [0.2, 0.25) is 5.79 Å². The van der Waals surface area contributed by atoms with Crippen LogP contribution in [0, 0.1) is 0 Å². The first kappa shape index (κ1) is 14.2. The van der Waals surface area contributed by atoms with Gasteiger partial charge in [-0.25, -0.2) is 14.7 Å². The van der Waals surface area contributed by atoms with Gasteiger partial charge in [0, 0.05) is 23.7 Å². The molecule has 23 heavy (non-hydrogen) atoms. The predicted octanol–water partition coefficient (Wildman–Crippen LogP) is -0.650. The van der Waals surface area contributed by atoms with Crippen LogP contribution in [-0.2, 0) is 4.84 Å². The van der Waals surface area contributed by atoms with E-state index in [1.807, 2.05) is 0 Å². The minimum atomic E-state index is -1.67. The van der Waals surface area contributed by atoms with E-state index in [9.17, 15) is 19.8 Å². The van der Waals surface area contributed by atoms with Crippen molar-refractivity contribution >= 4 is 18.1 Å². The van der Waals surface area contributed by atoms with Gasteiger partial charge in [0.25, 0.3) is 0 Å². The van der Waals surface area contributed by atoms with Gasteiger partial charge in [-0.3, -0.25) is 4.79 Å². The van der Waals surface area contributed by atoms with Crippen molar-refractivity contribution in [3.8, 4) is 5.75 Å². The molecule has 2 saturated heterocycles. The number of nitrogens with zero attached hydrogens (tertiary/aromatic N) is 1. The van der Waals surface area contributed by atoms with Crippen molar-refractivity contribution in [2.24, 2.45) is 0 Å². The maximum atomic E-state index is 11.0. The van der Waals surface area contributed by atoms with Gasteiger partial charge in [-0.2, -0.15) is 0 Å². The van der Waals surface area contributed by atoms with Gasteiger partial charge in [0.05, 0.1) is 24.2 Å². The summed E-state index contributed by atoms with van der Waals surface area (Å²) >= 11 is 0. The third-order valence-electron chi connectivity index (χ3n) is 4.62. The molecule has 3 aliphatic heterocycles. The normalized spacial score (nSPS) is 33.4. The Labute approximate surface area is 130 Å². The van der Waals surface area contributed by atoms with Gasteiger partial charge in [-0.1, -0.05) is 0 Å². The summed E-state index contributed by atoms with van der Waals surface area (Å²) in [5, 5.41) is 36.9. The second-order valence-corrected chi connectivity index (χ2v) is 5.98. The smallest absolute Gasteiger partial charge is 0.404 e. The Morgan fingerprint density at radius 2 is 2.35 bits per heavy atom. The van der Waals surface area contributed by atoms with Crippen LogP contribution in [0.2, 0.25) is 0 Å². The summed E-state index contributed by atoms with van der Waals surface area (Å²) in [6, 6.07) is 2.52. The largest absolute Gasteiger partial charge is 0.508 e. The Bertz CT molecular complexity index is 710. The summed E-state index contributed by atoms with van der Waals surface area (Å²) in [6.07, 6.45) is -0.634. The molecule has 5 N–H and O–H groups in total. The molecule has 122 valence electrons. The maximum absolute atomic E-state index is 11.0. The lowest BCUT2D eigenvalue weighted by molar-refractivity contribution is -0.242. The highest BCUT2D eigenvalue weighted by Crippen LogP contribution is 2.52. The summed E-state index contributed by atoms with van der Waals surface area (Å²) in [4.78, 5) is 27.5. The number of benzene rings is 1. The summed E-state index contributed by atoms with van der Waals surface area (Å²) < 4.78 is 0. The Morgan fingerprint density at radius 1 is 1.57 bits per heavy atom. The standard InChI is InChI=1S/C14H15N3O6/c18-5-6-1-9-11(10(19)2-6)7(3-15-13(20)21)14(22)12-8(16-12)4-17(9)23-14/h1-2,5,7-8,12,15-16,19,22H,3-4H2,(H,20,21). The maximum Gasteiger partial charge on any atom is 0.404 e. The topological polar surface area (TPSA) is 141 Å². The molecule has 9 nitrogen and oxygen atoms in total. The van der Waals surface area contributed by atoms with E-state index in [0.29, 0.717) is 24.1 Å². The van der Waals surface area contributed by atoms with Crippen LogP contribution >= 0.6 is 0 Å². The number of phenolic OH excluding ortho intramolecular Hbond substituents is 1. The number of aliphatic hydroxyl groups is 1. The number of aldehydes is 1. The highest BCUT2D eigenvalue weighted by atomic mass is 16.8. The number of aromatic hydroxyl groups is 1. The second-order valence-electron chi connectivity index (χ2n) is 5.98. The zero-order chi connectivity index (χ0) is 16.4. The molecule has 4 rings (SSSR count). The molecule has 0 aromatic heterocycles. The van der Waals surface area contributed by atoms with Crippen LogP contribution in [0.3, 0.4) is 0 Å². The molecule has 1 aromatic carbocycles. The fraction of sp³-hybridized carbons (Fsp3) is 0.429. The summed E-state index contributed by atoms with van der Waals surface area (Å²) in [7, 11) is 0. The molecule has 0 radical (unpaired) electrons. The Kier molecular flexibility index (Phi) is 2.83. The van der Waals surface area contributed by atoms with Crippen molar-refractivity contribution in [3.05, 3.63) is 23.3 Å². The Hall–Kier alpha value is -2.36. The zero-order valence-corrected chi connectivity index (χ0v) is 11.9. The van der Waals surface area contributed by atoms with E-state index in [-0.39, 0.29) is 29.9 Å². The number of phenols is 1. The minimum Gasteiger partial charge on any atom is -0.508 e. The lowest BCUT2D eigenvalue weighted by Gasteiger charge is -2.48. The number of fused-ring (bicyclic) bond motifs is 6. The van der Waals surface area contributed by atoms with E-state index < -0.39 is 17.8 Å². The first-order valence-corrected chi connectivity index (χ1v) is 7.18. The molecule has 2 bridgehead atoms. The average molecular weight is 321 g/mol. The number of hydrogen-bond acceptors (Lipinski definition) is 7. The van der Waals surface area contributed by atoms with E-state index in [1.54, 1.807) is 6.07 Å². The molecule has 4 atom stereocenters. The molecule has 4 unspecified atom stereocenters. The lowest BCUT2D eigenvalue weighted by Crippen LogP contribution is -2.60. The average Bonchev–Trinajstić information content (AvgIpc) is 3.27. The van der Waals surface area contributed by atoms with Crippen molar-refractivity contribution in [2.45, 2.75) is 23.8 Å². The van der Waals surface area contributed by atoms with Crippen molar-refractivity contribution in [1.29, 1.82) is 0 Å². The number of hydrogen-bond donors (Lipinski definition) is 5. The Balaban J connectivity index is 1.84. The summed E-state index contributed by atoms with van der Waals surface area (Å²) in [5.74, 6) is -2.65. The van der Waals surface area contributed by atoms with E-state index in [1.165, 1.54) is 11.1 Å². The molecule has 3 heterocycles. The highest BCUT2D eigenvalue weighted by molar-refractivity contribution is 5.80. The van der Waals surface area contributed by atoms with Gasteiger partial charge < -0.3 is 26.0 Å². The fourth-order valence-corrected chi connectivity index (χ4v) is 3.54. The van der Waals surface area contributed by atoms with E-state index in [2.05, 4.69) is 10.6 Å². The molecule has 2 fully saturated rings. The van der Waals surface area contributed by atoms with Crippen molar-refractivity contribution < 1.29 is 29.7 Å². The monoisotopic (exact) mass is 321 g/mol. The van der Waals surface area contributed by atoms with Gasteiger partial charge >= 0.3 is 6.09 Å². The molecule has 3 aliphatic rings.